The smallest absolute Gasteiger partial charge is 0.243 e. The zero-order valence-corrected chi connectivity index (χ0v) is 17.0. The Morgan fingerprint density at radius 1 is 1.07 bits per heavy atom. The molecule has 1 aromatic heterocycles. The lowest BCUT2D eigenvalue weighted by atomic mass is 10.0. The number of rotatable bonds is 6. The van der Waals surface area contributed by atoms with Crippen LogP contribution in [0.2, 0.25) is 0 Å². The average molecular weight is 398 g/mol. The normalized spacial score (nSPS) is 10.5. The summed E-state index contributed by atoms with van der Waals surface area (Å²) in [4.78, 5) is 20.2. The molecule has 3 N–H and O–H groups in total. The summed E-state index contributed by atoms with van der Waals surface area (Å²) in [5.74, 6) is 0.960. The van der Waals surface area contributed by atoms with Crippen molar-refractivity contribution in [1.29, 1.82) is 5.26 Å². The molecule has 7 nitrogen and oxygen atoms in total. The number of hydrogen-bond acceptors (Lipinski definition) is 6. The number of anilines is 4. The lowest BCUT2D eigenvalue weighted by Crippen LogP contribution is -2.13. The van der Waals surface area contributed by atoms with Crippen molar-refractivity contribution in [3.8, 4) is 6.07 Å². The van der Waals surface area contributed by atoms with Crippen LogP contribution in [-0.4, -0.2) is 22.9 Å². The maximum atomic E-state index is 11.4. The number of carbonyl (C=O) groups is 1. The molecule has 30 heavy (non-hydrogen) atoms. The predicted molar refractivity (Wildman–Crippen MR) is 119 cm³/mol. The first-order valence-electron chi connectivity index (χ1n) is 9.37. The molecule has 0 saturated carbocycles. The van der Waals surface area contributed by atoms with E-state index in [1.165, 1.54) is 6.08 Å². The molecule has 0 spiro atoms. The second-order valence-electron chi connectivity index (χ2n) is 6.68. The van der Waals surface area contributed by atoms with Crippen molar-refractivity contribution in [2.45, 2.75) is 13.8 Å². The van der Waals surface area contributed by atoms with Gasteiger partial charge in [0, 0.05) is 30.7 Å². The number of aryl methyl sites for hydroxylation is 2. The van der Waals surface area contributed by atoms with Crippen molar-refractivity contribution < 1.29 is 4.79 Å². The van der Waals surface area contributed by atoms with Gasteiger partial charge in [-0.05, 0) is 79.1 Å². The van der Waals surface area contributed by atoms with E-state index in [1.54, 1.807) is 49.7 Å². The third-order valence-corrected chi connectivity index (χ3v) is 4.41. The van der Waals surface area contributed by atoms with E-state index in [-0.39, 0.29) is 5.91 Å². The summed E-state index contributed by atoms with van der Waals surface area (Å²) in [6.07, 6.45) is 4.96. The minimum absolute atomic E-state index is 0.143. The quantitative estimate of drug-likeness (QED) is 0.538. The zero-order valence-electron chi connectivity index (χ0n) is 17.0. The van der Waals surface area contributed by atoms with Crippen LogP contribution in [0.4, 0.5) is 23.1 Å². The molecule has 0 fully saturated rings. The molecule has 0 radical (unpaired) electrons. The molecule has 7 heteroatoms. The Kier molecular flexibility index (Phi) is 6.40. The van der Waals surface area contributed by atoms with Gasteiger partial charge in [0.2, 0.25) is 11.9 Å². The molecule has 3 aromatic rings. The summed E-state index contributed by atoms with van der Waals surface area (Å²) < 4.78 is 0. The Labute approximate surface area is 175 Å². The Bertz CT molecular complexity index is 1110. The van der Waals surface area contributed by atoms with E-state index in [2.05, 4.69) is 32.0 Å². The zero-order chi connectivity index (χ0) is 21.5. The van der Waals surface area contributed by atoms with Crippen molar-refractivity contribution in [2.75, 3.05) is 17.7 Å². The molecule has 2 aromatic carbocycles. The van der Waals surface area contributed by atoms with Crippen molar-refractivity contribution in [1.82, 2.24) is 15.3 Å². The molecular weight excluding hydrogens is 376 g/mol. The fourth-order valence-electron chi connectivity index (χ4n) is 2.92. The van der Waals surface area contributed by atoms with Gasteiger partial charge in [-0.25, -0.2) is 4.98 Å². The largest absolute Gasteiger partial charge is 0.356 e. The molecule has 0 unspecified atom stereocenters. The Hall–Kier alpha value is -4.18. The fourth-order valence-corrected chi connectivity index (χ4v) is 2.92. The number of nitrogens with one attached hydrogen (secondary N) is 3. The van der Waals surface area contributed by atoms with Crippen LogP contribution in [-0.2, 0) is 4.79 Å². The Morgan fingerprint density at radius 2 is 1.77 bits per heavy atom. The molecule has 1 heterocycles. The van der Waals surface area contributed by atoms with Crippen LogP contribution in [0, 0.1) is 25.2 Å². The third kappa shape index (κ3) is 5.20. The average Bonchev–Trinajstić information content (AvgIpc) is 2.75. The fraction of sp³-hybridized carbons (Fsp3) is 0.130. The highest BCUT2D eigenvalue weighted by molar-refractivity contribution is 5.91. The highest BCUT2D eigenvalue weighted by Crippen LogP contribution is 2.26. The van der Waals surface area contributed by atoms with Crippen LogP contribution >= 0.6 is 0 Å². The summed E-state index contributed by atoms with van der Waals surface area (Å²) in [7, 11) is 1.60. The van der Waals surface area contributed by atoms with Gasteiger partial charge in [-0.3, -0.25) is 4.79 Å². The number of likely N-dealkylation sites (N-methyl/N-ethyl adjacent to an activating group) is 1. The predicted octanol–water partition coefficient (Wildman–Crippen LogP) is 4.21. The van der Waals surface area contributed by atoms with Gasteiger partial charge in [0.25, 0.3) is 0 Å². The lowest BCUT2D eigenvalue weighted by molar-refractivity contribution is -0.115. The summed E-state index contributed by atoms with van der Waals surface area (Å²) in [5.41, 5.74) is 5.36. The standard InChI is InChI=1S/C23H22N6O/c1-15-12-18(6-9-21(30)25-3)13-16(2)22(15)28-20-10-11-26-23(29-20)27-19-7-4-17(14-24)5-8-19/h4-13H,1-3H3,(H,25,30)(H2,26,27,28,29)/b9-6+. The minimum atomic E-state index is -0.143. The van der Waals surface area contributed by atoms with Gasteiger partial charge in [-0.1, -0.05) is 0 Å². The molecule has 0 aliphatic heterocycles. The number of amides is 1. The summed E-state index contributed by atoms with van der Waals surface area (Å²) >= 11 is 0. The molecule has 0 aliphatic rings. The van der Waals surface area contributed by atoms with Crippen molar-refractivity contribution in [2.24, 2.45) is 0 Å². The van der Waals surface area contributed by atoms with Gasteiger partial charge >= 0.3 is 0 Å². The number of nitriles is 1. The molecule has 0 saturated heterocycles. The van der Waals surface area contributed by atoms with Crippen LogP contribution < -0.4 is 16.0 Å². The van der Waals surface area contributed by atoms with E-state index in [1.807, 2.05) is 26.0 Å². The Morgan fingerprint density at radius 3 is 2.40 bits per heavy atom. The number of hydrogen-bond donors (Lipinski definition) is 3. The van der Waals surface area contributed by atoms with E-state index < -0.39 is 0 Å². The van der Waals surface area contributed by atoms with E-state index in [0.29, 0.717) is 17.3 Å². The molecule has 1 amide bonds. The maximum Gasteiger partial charge on any atom is 0.243 e. The first kappa shape index (κ1) is 20.6. The molecule has 0 aliphatic carbocycles. The molecule has 0 atom stereocenters. The lowest BCUT2D eigenvalue weighted by Gasteiger charge is -2.14. The molecule has 0 bridgehead atoms. The van der Waals surface area contributed by atoms with Crippen molar-refractivity contribution in [3.63, 3.8) is 0 Å². The topological polar surface area (TPSA) is 103 Å². The summed E-state index contributed by atoms with van der Waals surface area (Å²) in [6.45, 7) is 4.01. The Balaban J connectivity index is 1.77. The maximum absolute atomic E-state index is 11.4. The van der Waals surface area contributed by atoms with Crippen molar-refractivity contribution >= 4 is 35.1 Å². The van der Waals surface area contributed by atoms with Crippen LogP contribution in [0.15, 0.2) is 54.7 Å². The van der Waals surface area contributed by atoms with E-state index >= 15 is 0 Å². The third-order valence-electron chi connectivity index (χ3n) is 4.41. The summed E-state index contributed by atoms with van der Waals surface area (Å²) in [5, 5.41) is 17.9. The number of carbonyl (C=O) groups excluding carboxylic acids is 1. The van der Waals surface area contributed by atoms with Gasteiger partial charge in [-0.2, -0.15) is 10.2 Å². The van der Waals surface area contributed by atoms with Crippen LogP contribution in [0.25, 0.3) is 6.08 Å². The van der Waals surface area contributed by atoms with Gasteiger partial charge in [0.05, 0.1) is 11.6 Å². The van der Waals surface area contributed by atoms with E-state index in [9.17, 15) is 4.79 Å². The SMILES string of the molecule is CNC(=O)/C=C/c1cc(C)c(Nc2ccnc(Nc3ccc(C#N)cc3)n2)c(C)c1. The van der Waals surface area contributed by atoms with Crippen LogP contribution in [0.5, 0.6) is 0 Å². The molecular formula is C23H22N6O. The second-order valence-corrected chi connectivity index (χ2v) is 6.68. The first-order valence-corrected chi connectivity index (χ1v) is 9.37. The number of nitrogens with zero attached hydrogens (tertiary/aromatic N) is 3. The first-order chi connectivity index (χ1) is 14.5. The number of aromatic nitrogens is 2. The van der Waals surface area contributed by atoms with Crippen LogP contribution in [0.1, 0.15) is 22.3 Å². The van der Waals surface area contributed by atoms with Crippen LogP contribution in [0.3, 0.4) is 0 Å². The second kappa shape index (κ2) is 9.34. The molecule has 3 rings (SSSR count). The van der Waals surface area contributed by atoms with Gasteiger partial charge in [0.1, 0.15) is 5.82 Å². The summed E-state index contributed by atoms with van der Waals surface area (Å²) in [6, 6.07) is 15.0. The number of benzene rings is 2. The highest BCUT2D eigenvalue weighted by Gasteiger charge is 2.07. The van der Waals surface area contributed by atoms with E-state index in [0.717, 1.165) is 28.1 Å². The van der Waals surface area contributed by atoms with Gasteiger partial charge < -0.3 is 16.0 Å². The van der Waals surface area contributed by atoms with E-state index in [4.69, 9.17) is 5.26 Å². The monoisotopic (exact) mass is 398 g/mol. The van der Waals surface area contributed by atoms with Crippen molar-refractivity contribution in [3.05, 3.63) is 77.0 Å². The molecule has 150 valence electrons. The van der Waals surface area contributed by atoms with Gasteiger partial charge in [0.15, 0.2) is 0 Å². The highest BCUT2D eigenvalue weighted by atomic mass is 16.1. The van der Waals surface area contributed by atoms with Gasteiger partial charge in [-0.15, -0.1) is 0 Å². The minimum Gasteiger partial charge on any atom is -0.356 e.